The highest BCUT2D eigenvalue weighted by Crippen LogP contribution is 2.39. The van der Waals surface area contributed by atoms with Crippen LogP contribution in [0.4, 0.5) is 26.3 Å². The summed E-state index contributed by atoms with van der Waals surface area (Å²) in [6, 6.07) is 9.59. The van der Waals surface area contributed by atoms with E-state index in [0.29, 0.717) is 29.5 Å². The standard InChI is InChI=1S/C20H16F6/c21-19(22,23)16-9-3-7-14(11-16)18(13-5-1-2-6-13)15-8-4-10-17(12-15)20(24,25)26/h3-4,7-12H,1-2,5-6H2. The van der Waals surface area contributed by atoms with Crippen LogP contribution >= 0.6 is 0 Å². The molecule has 0 heterocycles. The molecule has 1 aliphatic carbocycles. The fourth-order valence-corrected chi connectivity index (χ4v) is 3.33. The molecule has 2 aromatic carbocycles. The van der Waals surface area contributed by atoms with Gasteiger partial charge in [-0.3, -0.25) is 0 Å². The molecular weight excluding hydrogens is 354 g/mol. The van der Waals surface area contributed by atoms with Gasteiger partial charge in [-0.05, 0) is 66.6 Å². The van der Waals surface area contributed by atoms with Gasteiger partial charge in [0.15, 0.2) is 0 Å². The molecule has 0 atom stereocenters. The van der Waals surface area contributed by atoms with Gasteiger partial charge in [0.1, 0.15) is 0 Å². The second-order valence-corrected chi connectivity index (χ2v) is 6.34. The quantitative estimate of drug-likeness (QED) is 0.495. The summed E-state index contributed by atoms with van der Waals surface area (Å²) in [5.41, 5.74) is 0.381. The van der Waals surface area contributed by atoms with E-state index in [0.717, 1.165) is 42.7 Å². The van der Waals surface area contributed by atoms with Gasteiger partial charge in [-0.1, -0.05) is 29.8 Å². The van der Waals surface area contributed by atoms with Crippen LogP contribution in [0, 0.1) is 0 Å². The Morgan fingerprint density at radius 1 is 0.654 bits per heavy atom. The van der Waals surface area contributed by atoms with Crippen LogP contribution in [0.2, 0.25) is 0 Å². The summed E-state index contributed by atoms with van der Waals surface area (Å²) in [7, 11) is 0. The zero-order chi connectivity index (χ0) is 18.9. The molecule has 26 heavy (non-hydrogen) atoms. The second kappa shape index (κ2) is 6.82. The van der Waals surface area contributed by atoms with Crippen molar-refractivity contribution in [2.45, 2.75) is 38.0 Å². The summed E-state index contributed by atoms with van der Waals surface area (Å²) in [4.78, 5) is 0. The Balaban J connectivity index is 2.17. The van der Waals surface area contributed by atoms with Crippen LogP contribution < -0.4 is 0 Å². The molecule has 0 radical (unpaired) electrons. The maximum atomic E-state index is 13.1. The van der Waals surface area contributed by atoms with E-state index < -0.39 is 23.5 Å². The smallest absolute Gasteiger partial charge is 0.166 e. The molecule has 1 saturated carbocycles. The number of benzene rings is 2. The third-order valence-corrected chi connectivity index (χ3v) is 4.52. The molecule has 0 aromatic heterocycles. The fraction of sp³-hybridized carbons (Fsp3) is 0.300. The summed E-state index contributed by atoms with van der Waals surface area (Å²) >= 11 is 0. The monoisotopic (exact) mass is 370 g/mol. The van der Waals surface area contributed by atoms with Gasteiger partial charge in [0.2, 0.25) is 0 Å². The summed E-state index contributed by atoms with van der Waals surface area (Å²) < 4.78 is 78.4. The molecule has 0 nitrogen and oxygen atoms in total. The van der Waals surface area contributed by atoms with Crippen molar-refractivity contribution in [2.75, 3.05) is 0 Å². The van der Waals surface area contributed by atoms with Crippen LogP contribution in [0.25, 0.3) is 5.57 Å². The highest BCUT2D eigenvalue weighted by Gasteiger charge is 2.32. The topological polar surface area (TPSA) is 0 Å². The zero-order valence-electron chi connectivity index (χ0n) is 13.7. The molecular formula is C20H16F6. The van der Waals surface area contributed by atoms with Gasteiger partial charge in [-0.25, -0.2) is 0 Å². The van der Waals surface area contributed by atoms with Crippen LogP contribution in [0.3, 0.4) is 0 Å². The molecule has 0 bridgehead atoms. The van der Waals surface area contributed by atoms with Crippen molar-refractivity contribution < 1.29 is 26.3 Å². The summed E-state index contributed by atoms with van der Waals surface area (Å²) in [6.07, 6.45) is -5.87. The van der Waals surface area contributed by atoms with E-state index in [4.69, 9.17) is 0 Å². The van der Waals surface area contributed by atoms with Crippen molar-refractivity contribution in [3.8, 4) is 0 Å². The Morgan fingerprint density at radius 3 is 1.46 bits per heavy atom. The van der Waals surface area contributed by atoms with Gasteiger partial charge in [-0.15, -0.1) is 0 Å². The average Bonchev–Trinajstić information content (AvgIpc) is 3.08. The highest BCUT2D eigenvalue weighted by atomic mass is 19.4. The Bertz CT molecular complexity index is 759. The largest absolute Gasteiger partial charge is 0.416 e. The van der Waals surface area contributed by atoms with Crippen LogP contribution in [0.15, 0.2) is 54.1 Å². The summed E-state index contributed by atoms with van der Waals surface area (Å²) in [5, 5.41) is 0. The molecule has 0 aliphatic heterocycles. The zero-order valence-corrected chi connectivity index (χ0v) is 13.7. The third-order valence-electron chi connectivity index (χ3n) is 4.52. The van der Waals surface area contributed by atoms with E-state index in [2.05, 4.69) is 0 Å². The van der Waals surface area contributed by atoms with Crippen molar-refractivity contribution in [1.82, 2.24) is 0 Å². The van der Waals surface area contributed by atoms with E-state index in [-0.39, 0.29) is 0 Å². The molecule has 0 unspecified atom stereocenters. The molecule has 0 N–H and O–H groups in total. The van der Waals surface area contributed by atoms with Crippen LogP contribution in [-0.4, -0.2) is 0 Å². The SMILES string of the molecule is FC(F)(F)c1cccc(C(=C2CCCC2)c2cccc(C(F)(F)F)c2)c1. The summed E-state index contributed by atoms with van der Waals surface area (Å²) in [6.45, 7) is 0. The van der Waals surface area contributed by atoms with Crippen molar-refractivity contribution in [3.05, 3.63) is 76.4 Å². The number of halogens is 6. The lowest BCUT2D eigenvalue weighted by atomic mass is 9.90. The summed E-state index contributed by atoms with van der Waals surface area (Å²) in [5.74, 6) is 0. The van der Waals surface area contributed by atoms with Gasteiger partial charge < -0.3 is 0 Å². The van der Waals surface area contributed by atoms with Crippen LogP contribution in [-0.2, 0) is 12.4 Å². The predicted octanol–water partition coefficient (Wildman–Crippen LogP) is 7.10. The van der Waals surface area contributed by atoms with Gasteiger partial charge >= 0.3 is 12.4 Å². The van der Waals surface area contributed by atoms with Crippen molar-refractivity contribution >= 4 is 5.57 Å². The van der Waals surface area contributed by atoms with Gasteiger partial charge in [0, 0.05) is 0 Å². The second-order valence-electron chi connectivity index (χ2n) is 6.34. The van der Waals surface area contributed by atoms with Crippen LogP contribution in [0.5, 0.6) is 0 Å². The Hall–Kier alpha value is -2.24. The van der Waals surface area contributed by atoms with Gasteiger partial charge in [-0.2, -0.15) is 26.3 Å². The van der Waals surface area contributed by atoms with Gasteiger partial charge in [0.25, 0.3) is 0 Å². The lowest BCUT2D eigenvalue weighted by Crippen LogP contribution is -2.07. The maximum absolute atomic E-state index is 13.1. The Labute approximate surface area is 147 Å². The number of alkyl halides is 6. The minimum Gasteiger partial charge on any atom is -0.166 e. The molecule has 0 spiro atoms. The lowest BCUT2D eigenvalue weighted by Gasteiger charge is -2.16. The molecule has 0 amide bonds. The van der Waals surface area contributed by atoms with Crippen molar-refractivity contribution in [3.63, 3.8) is 0 Å². The maximum Gasteiger partial charge on any atom is 0.416 e. The third kappa shape index (κ3) is 3.94. The first kappa shape index (κ1) is 18.5. The first-order valence-electron chi connectivity index (χ1n) is 8.23. The Kier molecular flexibility index (Phi) is 4.86. The van der Waals surface area contributed by atoms with Crippen LogP contribution in [0.1, 0.15) is 47.9 Å². The number of hydrogen-bond donors (Lipinski definition) is 0. The number of hydrogen-bond acceptors (Lipinski definition) is 0. The average molecular weight is 370 g/mol. The van der Waals surface area contributed by atoms with E-state index in [1.54, 1.807) is 0 Å². The lowest BCUT2D eigenvalue weighted by molar-refractivity contribution is -0.138. The molecule has 1 aliphatic rings. The number of rotatable bonds is 2. The minimum atomic E-state index is -4.50. The first-order chi connectivity index (χ1) is 12.2. The minimum absolute atomic E-state index is 0.302. The molecule has 0 saturated heterocycles. The van der Waals surface area contributed by atoms with Gasteiger partial charge in [0.05, 0.1) is 11.1 Å². The highest BCUT2D eigenvalue weighted by molar-refractivity contribution is 5.83. The normalized spacial score (nSPS) is 15.4. The first-order valence-corrected chi connectivity index (χ1v) is 8.23. The predicted molar refractivity (Wildman–Crippen MR) is 87.4 cm³/mol. The Morgan fingerprint density at radius 2 is 1.08 bits per heavy atom. The molecule has 3 rings (SSSR count). The molecule has 2 aromatic rings. The number of allylic oxidation sites excluding steroid dienone is 1. The van der Waals surface area contributed by atoms with Crippen molar-refractivity contribution in [1.29, 1.82) is 0 Å². The molecule has 1 fully saturated rings. The fourth-order valence-electron chi connectivity index (χ4n) is 3.33. The van der Waals surface area contributed by atoms with E-state index >= 15 is 0 Å². The molecule has 6 heteroatoms. The van der Waals surface area contributed by atoms with E-state index in [1.807, 2.05) is 0 Å². The van der Waals surface area contributed by atoms with Crippen molar-refractivity contribution in [2.24, 2.45) is 0 Å². The van der Waals surface area contributed by atoms with E-state index in [1.165, 1.54) is 24.3 Å². The van der Waals surface area contributed by atoms with E-state index in [9.17, 15) is 26.3 Å². The molecule has 138 valence electrons.